The minimum atomic E-state index is -0.0306. The molecule has 0 unspecified atom stereocenters. The number of H-pyrrole nitrogens is 1. The summed E-state index contributed by atoms with van der Waals surface area (Å²) in [4.78, 5) is 16.5. The van der Waals surface area contributed by atoms with Crippen molar-refractivity contribution in [2.45, 2.75) is 19.9 Å². The molecule has 2 heterocycles. The van der Waals surface area contributed by atoms with E-state index in [-0.39, 0.29) is 5.91 Å². The van der Waals surface area contributed by atoms with E-state index in [0.29, 0.717) is 12.1 Å². The zero-order chi connectivity index (χ0) is 13.9. The lowest BCUT2D eigenvalue weighted by atomic mass is 10.1. The van der Waals surface area contributed by atoms with Gasteiger partial charge in [-0.1, -0.05) is 13.0 Å². The van der Waals surface area contributed by atoms with Crippen molar-refractivity contribution in [2.75, 3.05) is 0 Å². The molecule has 0 spiro atoms. The van der Waals surface area contributed by atoms with E-state index < -0.39 is 0 Å². The van der Waals surface area contributed by atoms with Crippen LogP contribution in [0.2, 0.25) is 0 Å². The van der Waals surface area contributed by atoms with Gasteiger partial charge in [0, 0.05) is 22.2 Å². The normalized spacial score (nSPS) is 10.8. The highest BCUT2D eigenvalue weighted by Crippen LogP contribution is 2.18. The van der Waals surface area contributed by atoms with Gasteiger partial charge in [0.15, 0.2) is 0 Å². The molecule has 0 radical (unpaired) electrons. The van der Waals surface area contributed by atoms with E-state index in [1.165, 1.54) is 10.4 Å². The van der Waals surface area contributed by atoms with Crippen molar-refractivity contribution in [1.29, 1.82) is 0 Å². The first kappa shape index (κ1) is 12.9. The molecule has 20 heavy (non-hydrogen) atoms. The van der Waals surface area contributed by atoms with Crippen LogP contribution in [0.1, 0.15) is 27.7 Å². The van der Waals surface area contributed by atoms with Gasteiger partial charge in [0.1, 0.15) is 0 Å². The average molecular weight is 284 g/mol. The SMILES string of the molecule is CCc1ccsc1CNC(=O)c1ccc2cc[nH]c2c1. The Balaban J connectivity index is 1.72. The Morgan fingerprint density at radius 1 is 1.30 bits per heavy atom. The second-order valence-corrected chi connectivity index (χ2v) is 5.69. The zero-order valence-corrected chi connectivity index (χ0v) is 12.1. The molecule has 0 fully saturated rings. The van der Waals surface area contributed by atoms with Crippen molar-refractivity contribution in [3.63, 3.8) is 0 Å². The van der Waals surface area contributed by atoms with E-state index in [1.54, 1.807) is 11.3 Å². The summed E-state index contributed by atoms with van der Waals surface area (Å²) in [5.74, 6) is -0.0306. The molecule has 0 aliphatic rings. The first-order chi connectivity index (χ1) is 9.78. The van der Waals surface area contributed by atoms with Crippen LogP contribution in [0.5, 0.6) is 0 Å². The van der Waals surface area contributed by atoms with Crippen molar-refractivity contribution in [1.82, 2.24) is 10.3 Å². The van der Waals surface area contributed by atoms with E-state index in [4.69, 9.17) is 0 Å². The third-order valence-electron chi connectivity index (χ3n) is 3.45. The molecule has 1 aromatic carbocycles. The highest BCUT2D eigenvalue weighted by atomic mass is 32.1. The quantitative estimate of drug-likeness (QED) is 0.753. The van der Waals surface area contributed by atoms with Crippen LogP contribution in [-0.2, 0) is 13.0 Å². The number of rotatable bonds is 4. The first-order valence-electron chi connectivity index (χ1n) is 6.68. The fraction of sp³-hybridized carbons (Fsp3) is 0.188. The summed E-state index contributed by atoms with van der Waals surface area (Å²) in [7, 11) is 0. The number of nitrogens with one attached hydrogen (secondary N) is 2. The van der Waals surface area contributed by atoms with Gasteiger partial charge < -0.3 is 10.3 Å². The number of hydrogen-bond acceptors (Lipinski definition) is 2. The first-order valence-corrected chi connectivity index (χ1v) is 7.56. The Kier molecular flexibility index (Phi) is 3.56. The highest BCUT2D eigenvalue weighted by molar-refractivity contribution is 7.10. The summed E-state index contributed by atoms with van der Waals surface area (Å²) in [5.41, 5.74) is 2.99. The number of fused-ring (bicyclic) bond motifs is 1. The number of benzene rings is 1. The summed E-state index contributed by atoms with van der Waals surface area (Å²) in [6, 6.07) is 9.83. The molecular weight excluding hydrogens is 268 g/mol. The van der Waals surface area contributed by atoms with E-state index in [2.05, 4.69) is 28.7 Å². The van der Waals surface area contributed by atoms with Crippen LogP contribution in [0, 0.1) is 0 Å². The van der Waals surface area contributed by atoms with Crippen LogP contribution in [0.4, 0.5) is 0 Å². The van der Waals surface area contributed by atoms with Crippen LogP contribution in [0.3, 0.4) is 0 Å². The van der Waals surface area contributed by atoms with Crippen LogP contribution in [0.25, 0.3) is 10.9 Å². The summed E-state index contributed by atoms with van der Waals surface area (Å²) in [6.07, 6.45) is 2.88. The average Bonchev–Trinajstić information content (AvgIpc) is 3.12. The van der Waals surface area contributed by atoms with E-state index in [0.717, 1.165) is 17.3 Å². The fourth-order valence-corrected chi connectivity index (χ4v) is 3.20. The number of thiophene rings is 1. The number of aromatic amines is 1. The molecule has 3 aromatic rings. The van der Waals surface area contributed by atoms with Gasteiger partial charge in [0.05, 0.1) is 6.54 Å². The molecule has 0 atom stereocenters. The molecule has 0 aliphatic heterocycles. The smallest absolute Gasteiger partial charge is 0.251 e. The Bertz CT molecular complexity index is 742. The van der Waals surface area contributed by atoms with E-state index in [1.807, 2.05) is 30.5 Å². The Morgan fingerprint density at radius 2 is 2.20 bits per heavy atom. The van der Waals surface area contributed by atoms with Crippen molar-refractivity contribution in [2.24, 2.45) is 0 Å². The van der Waals surface area contributed by atoms with Crippen molar-refractivity contribution >= 4 is 28.1 Å². The summed E-state index contributed by atoms with van der Waals surface area (Å²) >= 11 is 1.69. The van der Waals surface area contributed by atoms with Gasteiger partial charge in [0.2, 0.25) is 0 Å². The molecule has 1 amide bonds. The van der Waals surface area contributed by atoms with Gasteiger partial charge in [-0.2, -0.15) is 0 Å². The third-order valence-corrected chi connectivity index (χ3v) is 4.41. The minimum absolute atomic E-state index is 0.0306. The fourth-order valence-electron chi connectivity index (χ4n) is 2.29. The number of aryl methyl sites for hydroxylation is 1. The molecule has 3 nitrogen and oxygen atoms in total. The number of hydrogen-bond donors (Lipinski definition) is 2. The zero-order valence-electron chi connectivity index (χ0n) is 11.3. The summed E-state index contributed by atoms with van der Waals surface area (Å²) < 4.78 is 0. The van der Waals surface area contributed by atoms with Crippen molar-refractivity contribution < 1.29 is 4.79 Å². The lowest BCUT2D eigenvalue weighted by Gasteiger charge is -2.06. The molecule has 0 saturated heterocycles. The second kappa shape index (κ2) is 5.51. The van der Waals surface area contributed by atoms with Gasteiger partial charge in [-0.15, -0.1) is 11.3 Å². The molecule has 2 aromatic heterocycles. The number of aromatic nitrogens is 1. The molecule has 4 heteroatoms. The maximum Gasteiger partial charge on any atom is 0.251 e. The summed E-state index contributed by atoms with van der Waals surface area (Å²) in [5, 5.41) is 6.18. The predicted molar refractivity (Wildman–Crippen MR) is 83.2 cm³/mol. The maximum absolute atomic E-state index is 12.2. The monoisotopic (exact) mass is 284 g/mol. The molecule has 0 saturated carbocycles. The van der Waals surface area contributed by atoms with E-state index >= 15 is 0 Å². The lowest BCUT2D eigenvalue weighted by Crippen LogP contribution is -2.22. The largest absolute Gasteiger partial charge is 0.361 e. The third kappa shape index (κ3) is 2.47. The maximum atomic E-state index is 12.2. The molecular formula is C16H16N2OS. The van der Waals surface area contributed by atoms with Gasteiger partial charge in [-0.05, 0) is 47.0 Å². The molecule has 3 rings (SSSR count). The topological polar surface area (TPSA) is 44.9 Å². The molecule has 2 N–H and O–H groups in total. The predicted octanol–water partition coefficient (Wildman–Crippen LogP) is 3.72. The number of carbonyl (C=O) groups is 1. The minimum Gasteiger partial charge on any atom is -0.361 e. The van der Waals surface area contributed by atoms with Crippen LogP contribution >= 0.6 is 11.3 Å². The Labute approximate surface area is 121 Å². The highest BCUT2D eigenvalue weighted by Gasteiger charge is 2.08. The van der Waals surface area contributed by atoms with Crippen LogP contribution < -0.4 is 5.32 Å². The standard InChI is InChI=1S/C16H16N2OS/c1-2-11-6-8-20-15(11)10-18-16(19)13-4-3-12-5-7-17-14(12)9-13/h3-9,17H,2,10H2,1H3,(H,18,19). The van der Waals surface area contributed by atoms with Crippen molar-refractivity contribution in [3.05, 3.63) is 57.9 Å². The molecule has 102 valence electrons. The van der Waals surface area contributed by atoms with Gasteiger partial charge in [-0.3, -0.25) is 4.79 Å². The van der Waals surface area contributed by atoms with Crippen LogP contribution in [0.15, 0.2) is 41.9 Å². The van der Waals surface area contributed by atoms with Crippen LogP contribution in [-0.4, -0.2) is 10.9 Å². The molecule has 0 bridgehead atoms. The Morgan fingerprint density at radius 3 is 3.05 bits per heavy atom. The second-order valence-electron chi connectivity index (χ2n) is 4.68. The van der Waals surface area contributed by atoms with Crippen molar-refractivity contribution in [3.8, 4) is 0 Å². The lowest BCUT2D eigenvalue weighted by molar-refractivity contribution is 0.0951. The van der Waals surface area contributed by atoms with Gasteiger partial charge >= 0.3 is 0 Å². The number of carbonyl (C=O) groups excluding carboxylic acids is 1. The number of amides is 1. The van der Waals surface area contributed by atoms with Gasteiger partial charge in [-0.25, -0.2) is 0 Å². The molecule has 0 aliphatic carbocycles. The summed E-state index contributed by atoms with van der Waals surface area (Å²) in [6.45, 7) is 2.73. The van der Waals surface area contributed by atoms with Gasteiger partial charge in [0.25, 0.3) is 5.91 Å². The van der Waals surface area contributed by atoms with E-state index in [9.17, 15) is 4.79 Å². The Hall–Kier alpha value is -2.07.